The molecule has 29 heavy (non-hydrogen) atoms. The highest BCUT2D eigenvalue weighted by Gasteiger charge is 2.15. The van der Waals surface area contributed by atoms with Gasteiger partial charge in [0.25, 0.3) is 0 Å². The summed E-state index contributed by atoms with van der Waals surface area (Å²) >= 11 is 1.53. The summed E-state index contributed by atoms with van der Waals surface area (Å²) in [5.74, 6) is 2.90. The molecule has 2 aromatic carbocycles. The normalized spacial score (nSPS) is 13.3. The van der Waals surface area contributed by atoms with Crippen LogP contribution in [0.25, 0.3) is 11.3 Å². The van der Waals surface area contributed by atoms with Gasteiger partial charge in [-0.25, -0.2) is 4.68 Å². The fourth-order valence-corrected chi connectivity index (χ4v) is 3.86. The number of ether oxygens (including phenoxy) is 4. The van der Waals surface area contributed by atoms with Crippen molar-refractivity contribution >= 4 is 17.6 Å². The van der Waals surface area contributed by atoms with Gasteiger partial charge in [-0.1, -0.05) is 0 Å². The molecule has 1 aromatic heterocycles. The van der Waals surface area contributed by atoms with E-state index in [-0.39, 0.29) is 6.79 Å². The van der Waals surface area contributed by atoms with E-state index in [0.717, 1.165) is 38.9 Å². The fourth-order valence-electron chi connectivity index (χ4n) is 2.97. The molecular formula is C21H21N3O4S. The Morgan fingerprint density at radius 3 is 2.76 bits per heavy atom. The Morgan fingerprint density at radius 2 is 1.97 bits per heavy atom. The first-order valence-corrected chi connectivity index (χ1v) is 9.99. The van der Waals surface area contributed by atoms with Crippen molar-refractivity contribution in [3.63, 3.8) is 0 Å². The van der Waals surface area contributed by atoms with Crippen LogP contribution in [0.3, 0.4) is 0 Å². The molecular weight excluding hydrogens is 390 g/mol. The molecule has 2 heterocycles. The molecule has 0 spiro atoms. The molecule has 3 aromatic rings. The molecule has 7 nitrogen and oxygen atoms in total. The first-order chi connectivity index (χ1) is 14.2. The summed E-state index contributed by atoms with van der Waals surface area (Å²) in [6.07, 6.45) is 1.78. The number of hydrogen-bond acceptors (Lipinski definition) is 7. The molecule has 8 heteroatoms. The van der Waals surface area contributed by atoms with Crippen molar-refractivity contribution in [2.24, 2.45) is 10.1 Å². The van der Waals surface area contributed by atoms with Gasteiger partial charge >= 0.3 is 0 Å². The Kier molecular flexibility index (Phi) is 5.53. The summed E-state index contributed by atoms with van der Waals surface area (Å²) in [7, 11) is 3.27. The van der Waals surface area contributed by atoms with Gasteiger partial charge in [0.1, 0.15) is 11.5 Å². The predicted octanol–water partition coefficient (Wildman–Crippen LogP) is 3.77. The highest BCUT2D eigenvalue weighted by molar-refractivity contribution is 7.07. The van der Waals surface area contributed by atoms with Crippen LogP contribution in [-0.4, -0.2) is 38.4 Å². The number of aromatic nitrogens is 1. The summed E-state index contributed by atoms with van der Waals surface area (Å²) in [4.78, 5) is 5.37. The number of methoxy groups -OCH3 is 2. The lowest BCUT2D eigenvalue weighted by Gasteiger charge is -2.11. The molecule has 0 radical (unpaired) electrons. The van der Waals surface area contributed by atoms with E-state index in [2.05, 4.69) is 4.99 Å². The van der Waals surface area contributed by atoms with Crippen LogP contribution in [0.15, 0.2) is 51.9 Å². The van der Waals surface area contributed by atoms with Crippen LogP contribution in [-0.2, 0) is 0 Å². The van der Waals surface area contributed by atoms with Crippen molar-refractivity contribution in [1.82, 2.24) is 4.68 Å². The van der Waals surface area contributed by atoms with Gasteiger partial charge in [-0.05, 0) is 42.8 Å². The standard InChI is InChI=1S/C21H21N3O4S/c1-4-22-21-24(23-11-14-5-8-18-20(9-14)28-13-27-18)17(12-29-21)16-7-6-15(25-2)10-19(16)26-3/h5-12H,4,13H2,1-3H3. The Labute approximate surface area is 172 Å². The average Bonchev–Trinajstić information content (AvgIpc) is 3.38. The molecule has 0 atom stereocenters. The van der Waals surface area contributed by atoms with Crippen LogP contribution >= 0.6 is 11.3 Å². The lowest BCUT2D eigenvalue weighted by molar-refractivity contribution is 0.174. The van der Waals surface area contributed by atoms with E-state index in [1.54, 1.807) is 20.4 Å². The average molecular weight is 411 g/mol. The quantitative estimate of drug-likeness (QED) is 0.579. The Hall–Kier alpha value is -3.26. The molecule has 1 aliphatic heterocycles. The SMILES string of the molecule is CCN=c1scc(-c2ccc(OC)cc2OC)n1N=Cc1ccc2c(c1)OCO2. The smallest absolute Gasteiger partial charge is 0.231 e. The zero-order chi connectivity index (χ0) is 20.2. The van der Waals surface area contributed by atoms with Gasteiger partial charge in [-0.15, -0.1) is 11.3 Å². The minimum Gasteiger partial charge on any atom is -0.497 e. The van der Waals surface area contributed by atoms with Crippen LogP contribution in [0, 0.1) is 0 Å². The third kappa shape index (κ3) is 3.84. The second kappa shape index (κ2) is 8.40. The topological polar surface area (TPSA) is 66.6 Å². The van der Waals surface area contributed by atoms with Crippen molar-refractivity contribution in [2.45, 2.75) is 6.92 Å². The van der Waals surface area contributed by atoms with Crippen LogP contribution < -0.4 is 23.7 Å². The minimum atomic E-state index is 0.246. The summed E-state index contributed by atoms with van der Waals surface area (Å²) in [5.41, 5.74) is 2.70. The predicted molar refractivity (Wildman–Crippen MR) is 113 cm³/mol. The molecule has 1 aliphatic rings. The highest BCUT2D eigenvalue weighted by atomic mass is 32.1. The van der Waals surface area contributed by atoms with E-state index in [4.69, 9.17) is 24.0 Å². The zero-order valence-corrected chi connectivity index (χ0v) is 17.2. The second-order valence-electron chi connectivity index (χ2n) is 6.11. The van der Waals surface area contributed by atoms with Crippen LogP contribution in [0.1, 0.15) is 12.5 Å². The molecule has 0 unspecified atom stereocenters. The lowest BCUT2D eigenvalue weighted by atomic mass is 10.1. The summed E-state index contributed by atoms with van der Waals surface area (Å²) in [6, 6.07) is 11.4. The van der Waals surface area contributed by atoms with E-state index in [0.29, 0.717) is 12.3 Å². The number of fused-ring (bicyclic) bond motifs is 1. The van der Waals surface area contributed by atoms with E-state index in [1.165, 1.54) is 11.3 Å². The zero-order valence-electron chi connectivity index (χ0n) is 16.4. The van der Waals surface area contributed by atoms with E-state index in [1.807, 2.05) is 53.4 Å². The third-order valence-electron chi connectivity index (χ3n) is 4.38. The van der Waals surface area contributed by atoms with Gasteiger partial charge in [0.15, 0.2) is 11.5 Å². The van der Waals surface area contributed by atoms with Crippen molar-refractivity contribution in [1.29, 1.82) is 0 Å². The van der Waals surface area contributed by atoms with Gasteiger partial charge in [0.05, 0.1) is 26.1 Å². The summed E-state index contributed by atoms with van der Waals surface area (Å²) in [6.45, 7) is 2.91. The molecule has 0 bridgehead atoms. The Balaban J connectivity index is 1.77. The van der Waals surface area contributed by atoms with E-state index >= 15 is 0 Å². The van der Waals surface area contributed by atoms with E-state index < -0.39 is 0 Å². The summed E-state index contributed by atoms with van der Waals surface area (Å²) < 4.78 is 23.5. The Morgan fingerprint density at radius 1 is 1.10 bits per heavy atom. The van der Waals surface area contributed by atoms with Crippen LogP contribution in [0.2, 0.25) is 0 Å². The minimum absolute atomic E-state index is 0.246. The number of nitrogens with zero attached hydrogens (tertiary/aromatic N) is 3. The molecule has 4 rings (SSSR count). The number of hydrogen-bond donors (Lipinski definition) is 0. The molecule has 0 amide bonds. The first-order valence-electron chi connectivity index (χ1n) is 9.11. The van der Waals surface area contributed by atoms with Crippen LogP contribution in [0.4, 0.5) is 0 Å². The number of benzene rings is 2. The maximum atomic E-state index is 5.58. The van der Waals surface area contributed by atoms with Crippen molar-refractivity contribution in [3.8, 4) is 34.3 Å². The van der Waals surface area contributed by atoms with Gasteiger partial charge in [0.2, 0.25) is 11.6 Å². The number of thiazole rings is 1. The fraction of sp³-hybridized carbons (Fsp3) is 0.238. The van der Waals surface area contributed by atoms with E-state index in [9.17, 15) is 0 Å². The monoisotopic (exact) mass is 411 g/mol. The molecule has 0 saturated heterocycles. The summed E-state index contributed by atoms with van der Waals surface area (Å²) in [5, 5.41) is 6.72. The second-order valence-corrected chi connectivity index (χ2v) is 6.95. The maximum Gasteiger partial charge on any atom is 0.231 e. The maximum absolute atomic E-state index is 5.58. The van der Waals surface area contributed by atoms with Gasteiger partial charge in [-0.3, -0.25) is 4.99 Å². The third-order valence-corrected chi connectivity index (χ3v) is 5.24. The molecule has 0 aliphatic carbocycles. The molecule has 150 valence electrons. The largest absolute Gasteiger partial charge is 0.497 e. The van der Waals surface area contributed by atoms with Gasteiger partial charge in [0, 0.05) is 23.6 Å². The van der Waals surface area contributed by atoms with Crippen molar-refractivity contribution < 1.29 is 18.9 Å². The Bertz CT molecular complexity index is 1120. The van der Waals surface area contributed by atoms with Crippen molar-refractivity contribution in [3.05, 3.63) is 52.1 Å². The molecule has 0 N–H and O–H groups in total. The lowest BCUT2D eigenvalue weighted by Crippen LogP contribution is -2.12. The van der Waals surface area contributed by atoms with Gasteiger partial charge < -0.3 is 18.9 Å². The van der Waals surface area contributed by atoms with Crippen molar-refractivity contribution in [2.75, 3.05) is 27.6 Å². The van der Waals surface area contributed by atoms with Crippen LogP contribution in [0.5, 0.6) is 23.0 Å². The highest BCUT2D eigenvalue weighted by Crippen LogP contribution is 2.34. The molecule has 0 saturated carbocycles. The number of rotatable bonds is 6. The first kappa shape index (κ1) is 19.1. The molecule has 0 fully saturated rings. The van der Waals surface area contributed by atoms with Gasteiger partial charge in [-0.2, -0.15) is 5.10 Å².